The lowest BCUT2D eigenvalue weighted by Crippen LogP contribution is -2.38. The van der Waals surface area contributed by atoms with E-state index >= 15 is 0 Å². The second kappa shape index (κ2) is 6.86. The Morgan fingerprint density at radius 3 is 2.57 bits per heavy atom. The molecule has 0 spiro atoms. The molecule has 0 radical (unpaired) electrons. The van der Waals surface area contributed by atoms with Crippen LogP contribution in [0, 0.1) is 0 Å². The fourth-order valence-corrected chi connectivity index (χ4v) is 3.15. The number of nitrogens with zero attached hydrogens (tertiary/aromatic N) is 1. The number of aryl methyl sites for hydroxylation is 1. The van der Waals surface area contributed by atoms with Crippen LogP contribution in [0.1, 0.15) is 30.9 Å². The van der Waals surface area contributed by atoms with Gasteiger partial charge in [-0.3, -0.25) is 4.79 Å². The van der Waals surface area contributed by atoms with Crippen LogP contribution < -0.4 is 9.64 Å². The molecule has 2 aromatic carbocycles. The van der Waals surface area contributed by atoms with E-state index in [0.717, 1.165) is 24.3 Å². The van der Waals surface area contributed by atoms with Crippen LogP contribution >= 0.6 is 0 Å². The van der Waals surface area contributed by atoms with Crippen LogP contribution in [0.3, 0.4) is 0 Å². The van der Waals surface area contributed by atoms with Gasteiger partial charge in [0.15, 0.2) is 6.10 Å². The van der Waals surface area contributed by atoms with Crippen molar-refractivity contribution in [3.05, 3.63) is 59.7 Å². The quantitative estimate of drug-likeness (QED) is 0.854. The second-order valence-electron chi connectivity index (χ2n) is 6.09. The summed E-state index contributed by atoms with van der Waals surface area (Å²) >= 11 is 0. The van der Waals surface area contributed by atoms with Crippen molar-refractivity contribution in [1.82, 2.24) is 0 Å². The highest BCUT2D eigenvalue weighted by Gasteiger charge is 2.22. The molecule has 3 nitrogen and oxygen atoms in total. The van der Waals surface area contributed by atoms with Gasteiger partial charge in [0, 0.05) is 12.7 Å². The highest BCUT2D eigenvalue weighted by molar-refractivity contribution is 5.96. The van der Waals surface area contributed by atoms with Crippen LogP contribution in [-0.4, -0.2) is 19.1 Å². The van der Waals surface area contributed by atoms with Crippen LogP contribution in [0.2, 0.25) is 0 Å². The maximum atomic E-state index is 12.6. The number of benzene rings is 2. The monoisotopic (exact) mass is 309 g/mol. The Morgan fingerprint density at radius 1 is 1.04 bits per heavy atom. The van der Waals surface area contributed by atoms with Crippen molar-refractivity contribution in [3.8, 4) is 5.75 Å². The van der Waals surface area contributed by atoms with E-state index in [2.05, 4.69) is 6.07 Å². The van der Waals surface area contributed by atoms with Gasteiger partial charge >= 0.3 is 0 Å². The van der Waals surface area contributed by atoms with Crippen molar-refractivity contribution in [3.63, 3.8) is 0 Å². The number of likely N-dealkylation sites (N-methyl/N-ethyl adjacent to an activating group) is 1. The minimum absolute atomic E-state index is 0.0374. The van der Waals surface area contributed by atoms with Crippen LogP contribution in [0.25, 0.3) is 0 Å². The summed E-state index contributed by atoms with van der Waals surface area (Å²) in [7, 11) is 1.79. The van der Waals surface area contributed by atoms with Crippen LogP contribution in [0.5, 0.6) is 5.75 Å². The molecular formula is C20H23NO2. The number of ether oxygens (including phenoxy) is 1. The number of anilines is 1. The topological polar surface area (TPSA) is 29.5 Å². The Balaban J connectivity index is 1.74. The Labute approximate surface area is 137 Å². The molecule has 3 heteroatoms. The summed E-state index contributed by atoms with van der Waals surface area (Å²) in [5, 5.41) is 0. The van der Waals surface area contributed by atoms with Crippen LogP contribution in [0.15, 0.2) is 48.5 Å². The molecule has 1 aliphatic carbocycles. The molecule has 0 bridgehead atoms. The van der Waals surface area contributed by atoms with Gasteiger partial charge in [-0.15, -0.1) is 0 Å². The third-order valence-corrected chi connectivity index (χ3v) is 4.48. The molecule has 1 amide bonds. The summed E-state index contributed by atoms with van der Waals surface area (Å²) in [6.07, 6.45) is 4.08. The fraction of sp³-hybridized carbons (Fsp3) is 0.350. The average molecular weight is 309 g/mol. The molecule has 120 valence electrons. The zero-order valence-electron chi connectivity index (χ0n) is 13.8. The second-order valence-corrected chi connectivity index (χ2v) is 6.09. The first-order valence-corrected chi connectivity index (χ1v) is 8.27. The highest BCUT2D eigenvalue weighted by Crippen LogP contribution is 2.30. The van der Waals surface area contributed by atoms with Gasteiger partial charge in [0.05, 0.1) is 0 Å². The van der Waals surface area contributed by atoms with E-state index in [1.807, 2.05) is 49.4 Å². The number of amides is 1. The maximum Gasteiger partial charge on any atom is 0.267 e. The minimum atomic E-state index is -0.506. The molecule has 2 aromatic rings. The summed E-state index contributed by atoms with van der Waals surface area (Å²) in [6.45, 7) is 1.82. The first kappa shape index (κ1) is 15.6. The number of rotatable bonds is 4. The zero-order chi connectivity index (χ0) is 16.2. The normalized spacial score (nSPS) is 14.7. The Hall–Kier alpha value is -2.29. The van der Waals surface area contributed by atoms with Gasteiger partial charge in [0.2, 0.25) is 0 Å². The lowest BCUT2D eigenvalue weighted by Gasteiger charge is -2.25. The Kier molecular flexibility index (Phi) is 4.65. The lowest BCUT2D eigenvalue weighted by molar-refractivity contribution is -0.124. The summed E-state index contributed by atoms with van der Waals surface area (Å²) < 4.78 is 6.03. The van der Waals surface area contributed by atoms with Crippen molar-refractivity contribution in [2.24, 2.45) is 0 Å². The zero-order valence-corrected chi connectivity index (χ0v) is 13.8. The Morgan fingerprint density at radius 2 is 1.78 bits per heavy atom. The van der Waals surface area contributed by atoms with Crippen molar-refractivity contribution < 1.29 is 9.53 Å². The predicted octanol–water partition coefficient (Wildman–Crippen LogP) is 4.00. The van der Waals surface area contributed by atoms with E-state index in [0.29, 0.717) is 0 Å². The van der Waals surface area contributed by atoms with Crippen molar-refractivity contribution in [2.75, 3.05) is 11.9 Å². The SMILES string of the molecule is CC(Oc1cccc2c1CCCC2)C(=O)N(C)c1ccccc1. The van der Waals surface area contributed by atoms with Crippen molar-refractivity contribution in [2.45, 2.75) is 38.7 Å². The smallest absolute Gasteiger partial charge is 0.267 e. The first-order chi connectivity index (χ1) is 11.2. The lowest BCUT2D eigenvalue weighted by atomic mass is 9.91. The number of carbonyl (C=O) groups is 1. The Bertz CT molecular complexity index is 681. The van der Waals surface area contributed by atoms with Gasteiger partial charge in [-0.05, 0) is 61.9 Å². The van der Waals surface area contributed by atoms with E-state index in [4.69, 9.17) is 4.74 Å². The predicted molar refractivity (Wildman–Crippen MR) is 93.0 cm³/mol. The summed E-state index contributed by atoms with van der Waals surface area (Å²) in [6, 6.07) is 15.8. The van der Waals surface area contributed by atoms with Crippen molar-refractivity contribution in [1.29, 1.82) is 0 Å². The van der Waals surface area contributed by atoms with E-state index in [1.54, 1.807) is 11.9 Å². The van der Waals surface area contributed by atoms with Gasteiger partial charge in [-0.2, -0.15) is 0 Å². The molecule has 1 atom stereocenters. The summed E-state index contributed by atoms with van der Waals surface area (Å²) in [5.74, 6) is 0.828. The molecule has 0 aliphatic heterocycles. The van der Waals surface area contributed by atoms with Gasteiger partial charge in [0.1, 0.15) is 5.75 Å². The number of para-hydroxylation sites is 1. The molecule has 1 aliphatic rings. The van der Waals surface area contributed by atoms with E-state index in [-0.39, 0.29) is 5.91 Å². The third kappa shape index (κ3) is 3.39. The molecule has 3 rings (SSSR count). The van der Waals surface area contributed by atoms with Gasteiger partial charge in [-0.1, -0.05) is 30.3 Å². The largest absolute Gasteiger partial charge is 0.481 e. The minimum Gasteiger partial charge on any atom is -0.481 e. The van der Waals surface area contributed by atoms with E-state index in [1.165, 1.54) is 24.0 Å². The molecule has 23 heavy (non-hydrogen) atoms. The highest BCUT2D eigenvalue weighted by atomic mass is 16.5. The number of fused-ring (bicyclic) bond motifs is 1. The summed E-state index contributed by atoms with van der Waals surface area (Å²) in [5.41, 5.74) is 3.52. The van der Waals surface area contributed by atoms with Crippen LogP contribution in [-0.2, 0) is 17.6 Å². The summed E-state index contributed by atoms with van der Waals surface area (Å²) in [4.78, 5) is 14.3. The number of hydrogen-bond acceptors (Lipinski definition) is 2. The molecule has 0 saturated heterocycles. The maximum absolute atomic E-state index is 12.6. The molecule has 1 unspecified atom stereocenters. The van der Waals surface area contributed by atoms with Crippen LogP contribution in [0.4, 0.5) is 5.69 Å². The number of hydrogen-bond donors (Lipinski definition) is 0. The molecular weight excluding hydrogens is 286 g/mol. The van der Waals surface area contributed by atoms with Gasteiger partial charge in [-0.25, -0.2) is 0 Å². The number of carbonyl (C=O) groups excluding carboxylic acids is 1. The molecule has 0 saturated carbocycles. The van der Waals surface area contributed by atoms with E-state index < -0.39 is 6.10 Å². The first-order valence-electron chi connectivity index (χ1n) is 8.27. The standard InChI is InChI=1S/C20H23NO2/c1-15(20(22)21(2)17-11-4-3-5-12-17)23-19-14-8-10-16-9-6-7-13-18(16)19/h3-5,8,10-12,14-15H,6-7,9,13H2,1-2H3. The van der Waals surface area contributed by atoms with Gasteiger partial charge < -0.3 is 9.64 Å². The van der Waals surface area contributed by atoms with Gasteiger partial charge in [0.25, 0.3) is 5.91 Å². The third-order valence-electron chi connectivity index (χ3n) is 4.48. The average Bonchev–Trinajstić information content (AvgIpc) is 2.61. The molecule has 0 fully saturated rings. The van der Waals surface area contributed by atoms with Crippen molar-refractivity contribution >= 4 is 11.6 Å². The molecule has 0 heterocycles. The molecule has 0 N–H and O–H groups in total. The fourth-order valence-electron chi connectivity index (χ4n) is 3.15. The van der Waals surface area contributed by atoms with E-state index in [9.17, 15) is 4.79 Å². The molecule has 0 aromatic heterocycles.